The van der Waals surface area contributed by atoms with Crippen LogP contribution < -0.4 is 4.72 Å². The van der Waals surface area contributed by atoms with Gasteiger partial charge in [-0.2, -0.15) is 0 Å². The molecule has 108 valence electrons. The number of benzene rings is 1. The zero-order valence-corrected chi connectivity index (χ0v) is 16.3. The van der Waals surface area contributed by atoms with Crippen LogP contribution in [0.2, 0.25) is 0 Å². The number of nitrogens with one attached hydrogen (secondary N) is 1. The molecule has 0 fully saturated rings. The molecule has 0 aromatic heterocycles. The fourth-order valence-corrected chi connectivity index (χ4v) is 4.57. The first-order valence-electron chi connectivity index (χ1n) is 5.83. The van der Waals surface area contributed by atoms with Crippen molar-refractivity contribution >= 4 is 57.8 Å². The van der Waals surface area contributed by atoms with Gasteiger partial charge in [0.1, 0.15) is 0 Å². The highest BCUT2D eigenvalue weighted by molar-refractivity contribution is 9.11. The summed E-state index contributed by atoms with van der Waals surface area (Å²) in [7, 11) is -3.47. The number of hydrogen-bond donors (Lipinski definition) is 1. The Morgan fingerprint density at radius 2 is 1.89 bits per heavy atom. The van der Waals surface area contributed by atoms with Crippen LogP contribution in [0.1, 0.15) is 25.3 Å². The number of alkyl halides is 1. The number of sulfonamides is 1. The van der Waals surface area contributed by atoms with Crippen molar-refractivity contribution in [3.05, 3.63) is 26.6 Å². The quantitative estimate of drug-likeness (QED) is 0.488. The van der Waals surface area contributed by atoms with Crippen LogP contribution in [0.3, 0.4) is 0 Å². The summed E-state index contributed by atoms with van der Waals surface area (Å²) in [5.41, 5.74) is 0.985. The van der Waals surface area contributed by atoms with Crippen LogP contribution in [-0.4, -0.2) is 19.8 Å². The monoisotopic (exact) mass is 475 g/mol. The van der Waals surface area contributed by atoms with Crippen molar-refractivity contribution in [1.29, 1.82) is 0 Å². The third kappa shape index (κ3) is 5.46. The Balaban J connectivity index is 2.80. The van der Waals surface area contributed by atoms with Crippen molar-refractivity contribution < 1.29 is 8.42 Å². The summed E-state index contributed by atoms with van der Waals surface area (Å²) < 4.78 is 28.4. The molecule has 0 bridgehead atoms. The molecule has 0 saturated carbocycles. The summed E-state index contributed by atoms with van der Waals surface area (Å²) >= 11 is 10.1. The molecule has 19 heavy (non-hydrogen) atoms. The second-order valence-corrected chi connectivity index (χ2v) is 9.36. The van der Waals surface area contributed by atoms with Gasteiger partial charge < -0.3 is 0 Å². The zero-order valence-electron chi connectivity index (χ0n) is 10.7. The van der Waals surface area contributed by atoms with E-state index in [1.807, 2.05) is 13.8 Å². The van der Waals surface area contributed by atoms with Crippen LogP contribution in [0, 0.1) is 6.92 Å². The molecule has 0 aliphatic rings. The van der Waals surface area contributed by atoms with E-state index in [4.69, 9.17) is 0 Å². The lowest BCUT2D eigenvalue weighted by Crippen LogP contribution is -2.25. The zero-order chi connectivity index (χ0) is 14.6. The first-order valence-corrected chi connectivity index (χ1v) is 9.82. The van der Waals surface area contributed by atoms with Gasteiger partial charge in [0, 0.05) is 20.3 Å². The van der Waals surface area contributed by atoms with Gasteiger partial charge in [-0.15, -0.1) is 0 Å². The van der Waals surface area contributed by atoms with E-state index < -0.39 is 10.0 Å². The minimum absolute atomic E-state index is 0.261. The van der Waals surface area contributed by atoms with E-state index >= 15 is 0 Å². The van der Waals surface area contributed by atoms with Crippen LogP contribution >= 0.6 is 47.8 Å². The van der Waals surface area contributed by atoms with Crippen molar-refractivity contribution in [2.24, 2.45) is 0 Å². The summed E-state index contributed by atoms with van der Waals surface area (Å²) in [5, 5.41) is 0. The molecule has 0 aliphatic carbocycles. The SMILES string of the molecule is Cc1cc(Br)c(S(=O)(=O)NCCCC(C)Br)cc1Br. The Morgan fingerprint density at radius 3 is 2.47 bits per heavy atom. The van der Waals surface area contributed by atoms with Crippen molar-refractivity contribution in [2.45, 2.75) is 36.4 Å². The molecule has 0 radical (unpaired) electrons. The summed E-state index contributed by atoms with van der Waals surface area (Å²) in [6.45, 7) is 4.40. The van der Waals surface area contributed by atoms with Gasteiger partial charge in [0.15, 0.2) is 0 Å². The van der Waals surface area contributed by atoms with Crippen LogP contribution in [-0.2, 0) is 10.0 Å². The number of hydrogen-bond acceptors (Lipinski definition) is 2. The fourth-order valence-electron chi connectivity index (χ4n) is 1.50. The van der Waals surface area contributed by atoms with Crippen LogP contribution in [0.25, 0.3) is 0 Å². The number of rotatable bonds is 6. The average Bonchev–Trinajstić information content (AvgIpc) is 2.29. The Bertz CT molecular complexity index is 544. The lowest BCUT2D eigenvalue weighted by Gasteiger charge is -2.10. The maximum atomic E-state index is 12.2. The van der Waals surface area contributed by atoms with E-state index in [-0.39, 0.29) is 4.90 Å². The lowest BCUT2D eigenvalue weighted by molar-refractivity contribution is 0.576. The summed E-state index contributed by atoms with van der Waals surface area (Å²) in [4.78, 5) is 0.661. The van der Waals surface area contributed by atoms with Gasteiger partial charge >= 0.3 is 0 Å². The lowest BCUT2D eigenvalue weighted by atomic mass is 10.2. The van der Waals surface area contributed by atoms with Gasteiger partial charge in [-0.3, -0.25) is 0 Å². The third-order valence-electron chi connectivity index (χ3n) is 2.57. The predicted molar refractivity (Wildman–Crippen MR) is 89.4 cm³/mol. The first kappa shape index (κ1) is 17.6. The molecule has 0 saturated heterocycles. The smallest absolute Gasteiger partial charge is 0.211 e. The topological polar surface area (TPSA) is 46.2 Å². The van der Waals surface area contributed by atoms with Crippen molar-refractivity contribution in [3.63, 3.8) is 0 Å². The highest BCUT2D eigenvalue weighted by atomic mass is 79.9. The molecule has 1 rings (SSSR count). The summed E-state index contributed by atoms with van der Waals surface area (Å²) in [6, 6.07) is 3.41. The van der Waals surface area contributed by atoms with Crippen LogP contribution in [0.15, 0.2) is 26.0 Å². The number of aryl methyl sites for hydroxylation is 1. The van der Waals surface area contributed by atoms with Gasteiger partial charge in [-0.05, 0) is 53.4 Å². The minimum Gasteiger partial charge on any atom is -0.211 e. The Kier molecular flexibility index (Phi) is 6.99. The molecule has 1 aromatic rings. The molecule has 7 heteroatoms. The molecule has 1 unspecified atom stereocenters. The third-order valence-corrected chi connectivity index (χ3v) is 6.31. The Labute approximate surface area is 140 Å². The largest absolute Gasteiger partial charge is 0.241 e. The second kappa shape index (κ2) is 7.54. The molecular formula is C12H16Br3NO2S. The standard InChI is InChI=1S/C12H16Br3NO2S/c1-8-6-11(15)12(7-10(8)14)19(17,18)16-5-3-4-9(2)13/h6-7,9,16H,3-5H2,1-2H3. The van der Waals surface area contributed by atoms with E-state index in [1.54, 1.807) is 12.1 Å². The molecule has 3 nitrogen and oxygen atoms in total. The van der Waals surface area contributed by atoms with Crippen molar-refractivity contribution in [1.82, 2.24) is 4.72 Å². The van der Waals surface area contributed by atoms with E-state index in [1.165, 1.54) is 0 Å². The normalized spacial score (nSPS) is 13.5. The van der Waals surface area contributed by atoms with Gasteiger partial charge in [0.2, 0.25) is 10.0 Å². The molecule has 0 amide bonds. The van der Waals surface area contributed by atoms with E-state index in [0.717, 1.165) is 22.9 Å². The Hall–Kier alpha value is 0.570. The minimum atomic E-state index is -3.47. The molecule has 1 atom stereocenters. The van der Waals surface area contributed by atoms with Crippen molar-refractivity contribution in [3.8, 4) is 0 Å². The van der Waals surface area contributed by atoms with E-state index in [0.29, 0.717) is 15.8 Å². The molecule has 1 N–H and O–H groups in total. The second-order valence-electron chi connectivity index (χ2n) is 4.35. The van der Waals surface area contributed by atoms with E-state index in [9.17, 15) is 8.42 Å². The van der Waals surface area contributed by atoms with Gasteiger partial charge in [0.05, 0.1) is 4.90 Å². The van der Waals surface area contributed by atoms with E-state index in [2.05, 4.69) is 52.5 Å². The van der Waals surface area contributed by atoms with Crippen LogP contribution in [0.4, 0.5) is 0 Å². The maximum Gasteiger partial charge on any atom is 0.241 e. The Morgan fingerprint density at radius 1 is 1.26 bits per heavy atom. The maximum absolute atomic E-state index is 12.2. The molecule has 0 aliphatic heterocycles. The molecular weight excluding hydrogens is 462 g/mol. The highest BCUT2D eigenvalue weighted by Crippen LogP contribution is 2.28. The summed E-state index contributed by atoms with van der Waals surface area (Å²) in [5.74, 6) is 0. The average molecular weight is 478 g/mol. The molecule has 1 aromatic carbocycles. The van der Waals surface area contributed by atoms with Crippen LogP contribution in [0.5, 0.6) is 0 Å². The number of halogens is 3. The molecule has 0 heterocycles. The fraction of sp³-hybridized carbons (Fsp3) is 0.500. The first-order chi connectivity index (χ1) is 8.74. The summed E-state index contributed by atoms with van der Waals surface area (Å²) in [6.07, 6.45) is 1.73. The van der Waals surface area contributed by atoms with Crippen molar-refractivity contribution in [2.75, 3.05) is 6.54 Å². The highest BCUT2D eigenvalue weighted by Gasteiger charge is 2.18. The molecule has 0 spiro atoms. The van der Waals surface area contributed by atoms with Gasteiger partial charge in [-0.25, -0.2) is 13.1 Å². The van der Waals surface area contributed by atoms with Gasteiger partial charge in [-0.1, -0.05) is 38.8 Å². The predicted octanol–water partition coefficient (Wildman–Crippen LogP) is 4.36. The van der Waals surface area contributed by atoms with Gasteiger partial charge in [0.25, 0.3) is 0 Å².